The topological polar surface area (TPSA) is 53.2 Å². The molecule has 0 radical (unpaired) electrons. The number of hydrogen-bond acceptors (Lipinski definition) is 4. The molecule has 0 aromatic carbocycles. The average molecular weight is 141 g/mol. The maximum Gasteiger partial charge on any atom is 0.186 e. The Bertz CT molecular complexity index is 140. The van der Waals surface area contributed by atoms with Crippen LogP contribution in [0.2, 0.25) is 0 Å². The smallest absolute Gasteiger partial charge is 0.186 e. The van der Waals surface area contributed by atoms with Crippen molar-refractivity contribution in [3.63, 3.8) is 0 Å². The molecule has 0 saturated carbocycles. The molecule has 4 heteroatoms. The zero-order chi connectivity index (χ0) is 7.40. The molecule has 0 spiro atoms. The Morgan fingerprint density at radius 2 is 2.10 bits per heavy atom. The van der Waals surface area contributed by atoms with E-state index in [4.69, 9.17) is 0 Å². The minimum absolute atomic E-state index is 0.0125. The lowest BCUT2D eigenvalue weighted by Gasteiger charge is -2.23. The molecular formula is C6H11N3O. The minimum Gasteiger partial charge on any atom is -0.292 e. The second-order valence-electron chi connectivity index (χ2n) is 2.05. The van der Waals surface area contributed by atoms with Crippen molar-refractivity contribution in [2.24, 2.45) is 0 Å². The van der Waals surface area contributed by atoms with Gasteiger partial charge in [-0.25, -0.2) is 0 Å². The van der Waals surface area contributed by atoms with Crippen molar-refractivity contribution in [3.8, 4) is 0 Å². The molecule has 0 aliphatic carbocycles. The van der Waals surface area contributed by atoms with E-state index in [2.05, 4.69) is 22.5 Å². The van der Waals surface area contributed by atoms with Gasteiger partial charge in [0.25, 0.3) is 0 Å². The second-order valence-corrected chi connectivity index (χ2v) is 2.05. The fourth-order valence-electron chi connectivity index (χ4n) is 0.802. The summed E-state index contributed by atoms with van der Waals surface area (Å²) < 4.78 is 0. The molecule has 1 fully saturated rings. The van der Waals surface area contributed by atoms with Gasteiger partial charge in [0.05, 0.1) is 0 Å². The third kappa shape index (κ3) is 1.63. The molecule has 1 aliphatic rings. The van der Waals surface area contributed by atoms with E-state index < -0.39 is 0 Å². The van der Waals surface area contributed by atoms with Crippen LogP contribution in [0.15, 0.2) is 12.7 Å². The van der Waals surface area contributed by atoms with Crippen molar-refractivity contribution < 1.29 is 4.79 Å². The third-order valence-electron chi connectivity index (χ3n) is 1.35. The number of nitrogens with one attached hydrogen (secondary N) is 3. The van der Waals surface area contributed by atoms with Crippen molar-refractivity contribution in [1.29, 1.82) is 0 Å². The predicted octanol–water partition coefficient (Wildman–Crippen LogP) is -1.23. The molecule has 0 aromatic heterocycles. The fourth-order valence-corrected chi connectivity index (χ4v) is 0.802. The van der Waals surface area contributed by atoms with Crippen LogP contribution >= 0.6 is 0 Å². The Balaban J connectivity index is 2.38. The molecule has 0 amide bonds. The van der Waals surface area contributed by atoms with Crippen molar-refractivity contribution in [3.05, 3.63) is 12.7 Å². The highest BCUT2D eigenvalue weighted by Crippen LogP contribution is 1.84. The van der Waals surface area contributed by atoms with Gasteiger partial charge in [0.15, 0.2) is 5.78 Å². The van der Waals surface area contributed by atoms with Crippen molar-refractivity contribution >= 4 is 5.78 Å². The van der Waals surface area contributed by atoms with E-state index in [1.54, 1.807) is 0 Å². The molecule has 3 N–H and O–H groups in total. The number of rotatable bonds is 2. The Labute approximate surface area is 59.7 Å². The molecule has 1 heterocycles. The molecule has 4 nitrogen and oxygen atoms in total. The van der Waals surface area contributed by atoms with Crippen LogP contribution in [0.25, 0.3) is 0 Å². The van der Waals surface area contributed by atoms with Gasteiger partial charge in [0, 0.05) is 13.3 Å². The summed E-state index contributed by atoms with van der Waals surface area (Å²) in [6, 6.07) is 0. The number of ketones is 1. The molecule has 10 heavy (non-hydrogen) atoms. The summed E-state index contributed by atoms with van der Waals surface area (Å²) in [4.78, 5) is 10.9. The lowest BCUT2D eigenvalue weighted by molar-refractivity contribution is -0.117. The summed E-state index contributed by atoms with van der Waals surface area (Å²) in [6.45, 7) is 4.71. The molecule has 1 aliphatic heterocycles. The van der Waals surface area contributed by atoms with Gasteiger partial charge in [-0.3, -0.25) is 20.7 Å². The van der Waals surface area contributed by atoms with Crippen LogP contribution in [0.1, 0.15) is 0 Å². The first-order valence-corrected chi connectivity index (χ1v) is 3.18. The molecule has 0 unspecified atom stereocenters. The largest absolute Gasteiger partial charge is 0.292 e. The predicted molar refractivity (Wildman–Crippen MR) is 38.1 cm³/mol. The van der Waals surface area contributed by atoms with E-state index in [0.29, 0.717) is 13.3 Å². The van der Waals surface area contributed by atoms with Gasteiger partial charge in [0.2, 0.25) is 0 Å². The molecule has 1 saturated heterocycles. The van der Waals surface area contributed by atoms with Crippen LogP contribution in [0.4, 0.5) is 0 Å². The lowest BCUT2D eigenvalue weighted by atomic mass is 10.3. The fraction of sp³-hybridized carbons (Fsp3) is 0.500. The van der Waals surface area contributed by atoms with Gasteiger partial charge in [-0.1, -0.05) is 6.58 Å². The molecule has 1 rings (SSSR count). The molecular weight excluding hydrogens is 130 g/mol. The maximum absolute atomic E-state index is 10.9. The maximum atomic E-state index is 10.9. The van der Waals surface area contributed by atoms with E-state index in [1.165, 1.54) is 6.08 Å². The summed E-state index contributed by atoms with van der Waals surface area (Å²) >= 11 is 0. The highest BCUT2D eigenvalue weighted by Gasteiger charge is 2.15. The number of carbonyl (C=O) groups is 1. The number of carbonyl (C=O) groups excluding carboxylic acids is 1. The zero-order valence-electron chi connectivity index (χ0n) is 5.68. The Morgan fingerprint density at radius 1 is 1.50 bits per heavy atom. The normalized spacial score (nSPS) is 20.4. The van der Waals surface area contributed by atoms with E-state index in [9.17, 15) is 4.79 Å². The van der Waals surface area contributed by atoms with E-state index in [0.717, 1.165) is 0 Å². The van der Waals surface area contributed by atoms with Gasteiger partial charge in [-0.05, 0) is 6.08 Å². The standard InChI is InChI=1S/C6H11N3O/c1-2-5(10)6-8-3-7-4-9-6/h2,6-9H,1,3-4H2. The quantitative estimate of drug-likeness (QED) is 0.421. The first-order chi connectivity index (χ1) is 4.84. The van der Waals surface area contributed by atoms with Crippen LogP contribution in [0.5, 0.6) is 0 Å². The molecule has 0 atom stereocenters. The monoisotopic (exact) mass is 141 g/mol. The van der Waals surface area contributed by atoms with Gasteiger partial charge in [-0.2, -0.15) is 0 Å². The number of hydrogen-bond donors (Lipinski definition) is 3. The van der Waals surface area contributed by atoms with Crippen molar-refractivity contribution in [1.82, 2.24) is 16.0 Å². The van der Waals surface area contributed by atoms with Crippen LogP contribution in [-0.2, 0) is 4.79 Å². The minimum atomic E-state index is -0.251. The Morgan fingerprint density at radius 3 is 2.60 bits per heavy atom. The molecule has 0 aromatic rings. The highest BCUT2D eigenvalue weighted by atomic mass is 16.1. The van der Waals surface area contributed by atoms with E-state index >= 15 is 0 Å². The second kappa shape index (κ2) is 3.46. The average Bonchev–Trinajstić information content (AvgIpc) is 2.05. The van der Waals surface area contributed by atoms with Crippen molar-refractivity contribution in [2.75, 3.05) is 13.3 Å². The van der Waals surface area contributed by atoms with Gasteiger partial charge in [-0.15, -0.1) is 0 Å². The third-order valence-corrected chi connectivity index (χ3v) is 1.35. The summed E-state index contributed by atoms with van der Waals surface area (Å²) in [5.74, 6) is -0.0125. The van der Waals surface area contributed by atoms with Crippen LogP contribution in [0, 0.1) is 0 Å². The van der Waals surface area contributed by atoms with Gasteiger partial charge < -0.3 is 0 Å². The molecule has 56 valence electrons. The van der Waals surface area contributed by atoms with Crippen LogP contribution in [0.3, 0.4) is 0 Å². The van der Waals surface area contributed by atoms with Crippen LogP contribution in [-0.4, -0.2) is 25.3 Å². The Kier molecular flexibility index (Phi) is 2.56. The van der Waals surface area contributed by atoms with E-state index in [1.807, 2.05) is 0 Å². The van der Waals surface area contributed by atoms with Gasteiger partial charge in [0.1, 0.15) is 6.17 Å². The summed E-state index contributed by atoms with van der Waals surface area (Å²) in [7, 11) is 0. The molecule has 0 bridgehead atoms. The van der Waals surface area contributed by atoms with E-state index in [-0.39, 0.29) is 11.9 Å². The lowest BCUT2D eigenvalue weighted by Crippen LogP contribution is -2.58. The summed E-state index contributed by atoms with van der Waals surface area (Å²) in [6.07, 6.45) is 1.06. The zero-order valence-corrected chi connectivity index (χ0v) is 5.68. The SMILES string of the molecule is C=CC(=O)C1NCNCN1. The Hall–Kier alpha value is -0.710. The first kappa shape index (κ1) is 7.40. The summed E-state index contributed by atoms with van der Waals surface area (Å²) in [5.41, 5.74) is 0. The van der Waals surface area contributed by atoms with Crippen LogP contribution < -0.4 is 16.0 Å². The highest BCUT2D eigenvalue weighted by molar-refractivity contribution is 5.93. The van der Waals surface area contributed by atoms with Crippen molar-refractivity contribution in [2.45, 2.75) is 6.17 Å². The van der Waals surface area contributed by atoms with Gasteiger partial charge >= 0.3 is 0 Å². The first-order valence-electron chi connectivity index (χ1n) is 3.18. The summed E-state index contributed by atoms with van der Waals surface area (Å²) in [5, 5.41) is 8.84.